The number of anilines is 1. The Labute approximate surface area is 150 Å². The van der Waals surface area contributed by atoms with Crippen molar-refractivity contribution >= 4 is 34.1 Å². The molecule has 2 aromatic rings. The van der Waals surface area contributed by atoms with Crippen molar-refractivity contribution in [1.29, 1.82) is 0 Å². The van der Waals surface area contributed by atoms with E-state index in [0.717, 1.165) is 26.5 Å². The Morgan fingerprint density at radius 2 is 1.84 bits per heavy atom. The van der Waals surface area contributed by atoms with E-state index in [1.165, 1.54) is 18.3 Å². The number of nitrogens with zero attached hydrogens (tertiary/aromatic N) is 2. The molecule has 0 spiro atoms. The molecule has 1 atom stereocenters. The van der Waals surface area contributed by atoms with Crippen LogP contribution in [0.15, 0.2) is 18.2 Å². The van der Waals surface area contributed by atoms with Crippen LogP contribution in [0.1, 0.15) is 45.4 Å². The van der Waals surface area contributed by atoms with E-state index >= 15 is 0 Å². The van der Waals surface area contributed by atoms with Crippen molar-refractivity contribution in [3.05, 3.63) is 45.5 Å². The van der Waals surface area contributed by atoms with Gasteiger partial charge in [0.05, 0.1) is 5.92 Å². The van der Waals surface area contributed by atoms with E-state index in [1.807, 2.05) is 13.8 Å². The molecule has 6 heteroatoms. The fraction of sp³-hybridized carbons (Fsp3) is 0.368. The SMILES string of the molecule is CC(=O)c1nc(N2C(=O)C[C@H](Cc3cc(C)cc(C)c3)C2=O)sc1C. The number of aromatic nitrogens is 1. The van der Waals surface area contributed by atoms with E-state index in [1.54, 1.807) is 6.92 Å². The molecule has 5 nitrogen and oxygen atoms in total. The third kappa shape index (κ3) is 3.39. The average molecular weight is 356 g/mol. The van der Waals surface area contributed by atoms with Gasteiger partial charge in [-0.3, -0.25) is 14.4 Å². The Bertz CT molecular complexity index is 865. The average Bonchev–Trinajstić information content (AvgIpc) is 2.98. The molecule has 2 heterocycles. The summed E-state index contributed by atoms with van der Waals surface area (Å²) in [6.07, 6.45) is 0.716. The summed E-state index contributed by atoms with van der Waals surface area (Å²) in [5.74, 6) is -1.01. The number of benzene rings is 1. The highest BCUT2D eigenvalue weighted by Crippen LogP contribution is 2.33. The summed E-state index contributed by atoms with van der Waals surface area (Å²) in [4.78, 5) is 42.8. The van der Waals surface area contributed by atoms with Gasteiger partial charge in [0.2, 0.25) is 11.8 Å². The number of carbonyl (C=O) groups is 3. The second-order valence-electron chi connectivity index (χ2n) is 6.63. The van der Waals surface area contributed by atoms with Gasteiger partial charge in [-0.25, -0.2) is 9.88 Å². The maximum atomic E-state index is 12.8. The molecule has 2 amide bonds. The molecule has 3 rings (SSSR count). The highest BCUT2D eigenvalue weighted by molar-refractivity contribution is 7.16. The van der Waals surface area contributed by atoms with E-state index in [0.29, 0.717) is 17.2 Å². The number of aryl methyl sites for hydroxylation is 3. The number of imide groups is 1. The minimum absolute atomic E-state index is 0.161. The van der Waals surface area contributed by atoms with Crippen molar-refractivity contribution in [2.75, 3.05) is 4.90 Å². The van der Waals surface area contributed by atoms with Gasteiger partial charge in [0.15, 0.2) is 10.9 Å². The Morgan fingerprint density at radius 3 is 2.40 bits per heavy atom. The molecule has 0 radical (unpaired) electrons. The number of carbonyl (C=O) groups excluding carboxylic acids is 3. The van der Waals surface area contributed by atoms with Crippen molar-refractivity contribution in [3.63, 3.8) is 0 Å². The van der Waals surface area contributed by atoms with Crippen LogP contribution in [0.3, 0.4) is 0 Å². The molecule has 0 unspecified atom stereocenters. The molecule has 130 valence electrons. The third-order valence-electron chi connectivity index (χ3n) is 4.31. The first kappa shape index (κ1) is 17.5. The van der Waals surface area contributed by atoms with Gasteiger partial charge in [0.1, 0.15) is 5.69 Å². The van der Waals surface area contributed by atoms with Gasteiger partial charge < -0.3 is 0 Å². The predicted molar refractivity (Wildman–Crippen MR) is 97.1 cm³/mol. The minimum Gasteiger partial charge on any atom is -0.293 e. The van der Waals surface area contributed by atoms with E-state index in [4.69, 9.17) is 0 Å². The molecule has 25 heavy (non-hydrogen) atoms. The molecule has 1 fully saturated rings. The van der Waals surface area contributed by atoms with Gasteiger partial charge in [-0.15, -0.1) is 11.3 Å². The van der Waals surface area contributed by atoms with Gasteiger partial charge >= 0.3 is 0 Å². The molecule has 1 aliphatic heterocycles. The van der Waals surface area contributed by atoms with Crippen LogP contribution in [0.5, 0.6) is 0 Å². The first-order valence-electron chi connectivity index (χ1n) is 8.18. The van der Waals surface area contributed by atoms with Gasteiger partial charge in [-0.05, 0) is 32.8 Å². The number of ketones is 1. The van der Waals surface area contributed by atoms with Crippen molar-refractivity contribution in [1.82, 2.24) is 4.98 Å². The lowest BCUT2D eigenvalue weighted by Crippen LogP contribution is -2.30. The molecular weight excluding hydrogens is 336 g/mol. The second-order valence-corrected chi connectivity index (χ2v) is 7.81. The highest BCUT2D eigenvalue weighted by Gasteiger charge is 2.41. The molecule has 1 saturated heterocycles. The predicted octanol–water partition coefficient (Wildman–Crippen LogP) is 3.39. The summed E-state index contributed by atoms with van der Waals surface area (Å²) in [6.45, 7) is 7.25. The van der Waals surface area contributed by atoms with Crippen molar-refractivity contribution in [3.8, 4) is 0 Å². The van der Waals surface area contributed by atoms with E-state index < -0.39 is 0 Å². The highest BCUT2D eigenvalue weighted by atomic mass is 32.1. The zero-order valence-electron chi connectivity index (χ0n) is 14.8. The van der Waals surface area contributed by atoms with Crippen LogP contribution < -0.4 is 4.90 Å². The largest absolute Gasteiger partial charge is 0.293 e. The maximum Gasteiger partial charge on any atom is 0.239 e. The number of thiazole rings is 1. The van der Waals surface area contributed by atoms with Gasteiger partial charge in [-0.1, -0.05) is 29.3 Å². The number of Topliss-reactive ketones (excluding diaryl/α,β-unsaturated/α-hetero) is 1. The van der Waals surface area contributed by atoms with Crippen LogP contribution in [0, 0.1) is 26.7 Å². The first-order valence-corrected chi connectivity index (χ1v) is 9.00. The maximum absolute atomic E-state index is 12.8. The van der Waals surface area contributed by atoms with Crippen molar-refractivity contribution in [2.24, 2.45) is 5.92 Å². The minimum atomic E-state index is -0.376. The lowest BCUT2D eigenvalue weighted by atomic mass is 9.95. The molecule has 0 saturated carbocycles. The standard InChI is InChI=1S/C19H20N2O3S/c1-10-5-11(2)7-14(6-10)8-15-9-16(23)21(18(15)24)19-20-17(12(3)22)13(4)25-19/h5-7,15H,8-9H2,1-4H3/t15-/m0/s1. The zero-order valence-corrected chi connectivity index (χ0v) is 15.6. The van der Waals surface area contributed by atoms with Crippen LogP contribution in [-0.2, 0) is 16.0 Å². The zero-order chi connectivity index (χ0) is 18.3. The molecule has 0 bridgehead atoms. The van der Waals surface area contributed by atoms with Crippen LogP contribution in [0.2, 0.25) is 0 Å². The topological polar surface area (TPSA) is 67.3 Å². The van der Waals surface area contributed by atoms with Crippen LogP contribution in [-0.4, -0.2) is 22.6 Å². The summed E-state index contributed by atoms with van der Waals surface area (Å²) in [5, 5.41) is 0.306. The van der Waals surface area contributed by atoms with Crippen LogP contribution in [0.4, 0.5) is 5.13 Å². The summed E-state index contributed by atoms with van der Waals surface area (Å²) < 4.78 is 0. The summed E-state index contributed by atoms with van der Waals surface area (Å²) in [5.41, 5.74) is 3.68. The Morgan fingerprint density at radius 1 is 1.20 bits per heavy atom. The molecule has 0 N–H and O–H groups in total. The van der Waals surface area contributed by atoms with Gasteiger partial charge in [0.25, 0.3) is 0 Å². The summed E-state index contributed by atoms with van der Waals surface area (Å²) in [6, 6.07) is 6.18. The molecule has 1 aromatic heterocycles. The molecular formula is C19H20N2O3S. The molecule has 1 aliphatic rings. The van der Waals surface area contributed by atoms with Crippen LogP contribution in [0.25, 0.3) is 0 Å². The van der Waals surface area contributed by atoms with E-state index in [-0.39, 0.29) is 29.9 Å². The Hall–Kier alpha value is -2.34. The van der Waals surface area contributed by atoms with Crippen molar-refractivity contribution < 1.29 is 14.4 Å². The van der Waals surface area contributed by atoms with Crippen LogP contribution >= 0.6 is 11.3 Å². The quantitative estimate of drug-likeness (QED) is 0.622. The Kier molecular flexibility index (Phi) is 4.56. The van der Waals surface area contributed by atoms with E-state index in [9.17, 15) is 14.4 Å². The number of hydrogen-bond donors (Lipinski definition) is 0. The lowest BCUT2D eigenvalue weighted by molar-refractivity contribution is -0.122. The smallest absolute Gasteiger partial charge is 0.239 e. The number of rotatable bonds is 4. The van der Waals surface area contributed by atoms with Gasteiger partial charge in [0, 0.05) is 18.2 Å². The Balaban J connectivity index is 1.85. The number of amides is 2. The monoisotopic (exact) mass is 356 g/mol. The lowest BCUT2D eigenvalue weighted by Gasteiger charge is -2.12. The molecule has 0 aliphatic carbocycles. The second kappa shape index (κ2) is 6.52. The fourth-order valence-corrected chi connectivity index (χ4v) is 4.31. The summed E-state index contributed by atoms with van der Waals surface area (Å²) >= 11 is 1.21. The number of hydrogen-bond acceptors (Lipinski definition) is 5. The normalized spacial score (nSPS) is 17.4. The van der Waals surface area contributed by atoms with Crippen molar-refractivity contribution in [2.45, 2.75) is 40.5 Å². The first-order chi connectivity index (χ1) is 11.8. The third-order valence-corrected chi connectivity index (χ3v) is 5.27. The van der Waals surface area contributed by atoms with Gasteiger partial charge in [-0.2, -0.15) is 0 Å². The fourth-order valence-electron chi connectivity index (χ4n) is 3.33. The molecule has 1 aromatic carbocycles. The summed E-state index contributed by atoms with van der Waals surface area (Å²) in [7, 11) is 0. The van der Waals surface area contributed by atoms with E-state index in [2.05, 4.69) is 23.2 Å².